The number of nitrogens with one attached hydrogen (secondary N) is 1. The Morgan fingerprint density at radius 3 is 2.67 bits per heavy atom. The van der Waals surface area contributed by atoms with Crippen LogP contribution in [0.5, 0.6) is 0 Å². The molecule has 0 aliphatic heterocycles. The molecule has 18 heavy (non-hydrogen) atoms. The van der Waals surface area contributed by atoms with Crippen LogP contribution in [0, 0.1) is 6.92 Å². The summed E-state index contributed by atoms with van der Waals surface area (Å²) in [5, 5.41) is 4.67. The van der Waals surface area contributed by atoms with Crippen LogP contribution in [0.2, 0.25) is 0 Å². The molecule has 2 rings (SSSR count). The Morgan fingerprint density at radius 2 is 2.00 bits per heavy atom. The van der Waals surface area contributed by atoms with E-state index in [0.29, 0.717) is 0 Å². The summed E-state index contributed by atoms with van der Waals surface area (Å²) in [5.41, 5.74) is 9.81. The van der Waals surface area contributed by atoms with Crippen LogP contribution >= 0.6 is 0 Å². The fourth-order valence-corrected chi connectivity index (χ4v) is 1.93. The first-order chi connectivity index (χ1) is 8.41. The van der Waals surface area contributed by atoms with Gasteiger partial charge in [-0.25, -0.2) is 0 Å². The van der Waals surface area contributed by atoms with E-state index >= 15 is 0 Å². The molecule has 0 saturated carbocycles. The van der Waals surface area contributed by atoms with Gasteiger partial charge in [-0.2, -0.15) is 0 Å². The van der Waals surface area contributed by atoms with Gasteiger partial charge in [-0.3, -0.25) is 4.98 Å². The van der Waals surface area contributed by atoms with Crippen molar-refractivity contribution in [2.24, 2.45) is 0 Å². The van der Waals surface area contributed by atoms with Gasteiger partial charge in [0.2, 0.25) is 0 Å². The number of fused-ring (bicyclic) bond motifs is 1. The lowest BCUT2D eigenvalue weighted by Crippen LogP contribution is -2.29. The molecule has 0 aliphatic rings. The highest BCUT2D eigenvalue weighted by atomic mass is 15.0. The van der Waals surface area contributed by atoms with Crippen LogP contribution in [-0.2, 0) is 0 Å². The highest BCUT2D eigenvalue weighted by molar-refractivity contribution is 5.93. The van der Waals surface area contributed by atoms with Crippen molar-refractivity contribution in [2.75, 3.05) is 11.1 Å². The van der Waals surface area contributed by atoms with Crippen molar-refractivity contribution in [1.29, 1.82) is 0 Å². The second-order valence-corrected chi connectivity index (χ2v) is 5.45. The van der Waals surface area contributed by atoms with Crippen molar-refractivity contribution >= 4 is 22.3 Å². The second kappa shape index (κ2) is 4.48. The molecule has 0 unspecified atom stereocenters. The molecule has 3 nitrogen and oxygen atoms in total. The molecule has 0 atom stereocenters. The van der Waals surface area contributed by atoms with E-state index in [4.69, 9.17) is 5.73 Å². The average Bonchev–Trinajstić information content (AvgIpc) is 2.29. The molecule has 0 fully saturated rings. The number of aromatic nitrogens is 1. The molecule has 3 N–H and O–H groups in total. The molecule has 1 aromatic heterocycles. The topological polar surface area (TPSA) is 50.9 Å². The summed E-state index contributed by atoms with van der Waals surface area (Å²) in [5.74, 6) is 0. The predicted molar refractivity (Wildman–Crippen MR) is 78.9 cm³/mol. The van der Waals surface area contributed by atoms with Crippen molar-refractivity contribution in [1.82, 2.24) is 4.98 Å². The van der Waals surface area contributed by atoms with Crippen LogP contribution in [0.15, 0.2) is 24.3 Å². The van der Waals surface area contributed by atoms with Crippen LogP contribution in [0.1, 0.15) is 32.9 Å². The number of pyridine rings is 1. The van der Waals surface area contributed by atoms with E-state index in [9.17, 15) is 0 Å². The zero-order valence-electron chi connectivity index (χ0n) is 11.5. The molecule has 1 aromatic carbocycles. The summed E-state index contributed by atoms with van der Waals surface area (Å²) in [6, 6.07) is 7.93. The summed E-state index contributed by atoms with van der Waals surface area (Å²) >= 11 is 0. The first-order valence-electron chi connectivity index (χ1n) is 6.36. The van der Waals surface area contributed by atoms with Gasteiger partial charge in [0.05, 0.1) is 5.52 Å². The minimum Gasteiger partial charge on any atom is -0.399 e. The minimum atomic E-state index is 0.0608. The number of anilines is 2. The third kappa shape index (κ3) is 2.55. The lowest BCUT2D eigenvalue weighted by molar-refractivity contribution is 0.548. The molecule has 0 saturated heterocycles. The molecule has 0 spiro atoms. The number of benzene rings is 1. The van der Waals surface area contributed by atoms with Gasteiger partial charge in [0.1, 0.15) is 0 Å². The zero-order chi connectivity index (χ0) is 13.3. The smallest absolute Gasteiger partial charge is 0.0727 e. The maximum atomic E-state index is 5.87. The summed E-state index contributed by atoms with van der Waals surface area (Å²) < 4.78 is 0. The van der Waals surface area contributed by atoms with E-state index in [-0.39, 0.29) is 5.54 Å². The van der Waals surface area contributed by atoms with Gasteiger partial charge in [0.25, 0.3) is 0 Å². The largest absolute Gasteiger partial charge is 0.399 e. The first-order valence-corrected chi connectivity index (χ1v) is 6.36. The van der Waals surface area contributed by atoms with Crippen molar-refractivity contribution in [2.45, 2.75) is 39.7 Å². The highest BCUT2D eigenvalue weighted by Gasteiger charge is 2.16. The van der Waals surface area contributed by atoms with Crippen LogP contribution < -0.4 is 11.1 Å². The minimum absolute atomic E-state index is 0.0608. The SMILES string of the molecule is CCC(C)(C)Nc1cc(C)nc2ccc(N)cc12. The number of nitrogen functional groups attached to an aromatic ring is 1. The Balaban J connectivity index is 2.58. The molecule has 1 heterocycles. The van der Waals surface area contributed by atoms with Crippen molar-refractivity contribution in [3.63, 3.8) is 0 Å². The maximum absolute atomic E-state index is 5.87. The summed E-state index contributed by atoms with van der Waals surface area (Å²) in [6.45, 7) is 8.58. The van der Waals surface area contributed by atoms with E-state index < -0.39 is 0 Å². The molecule has 0 radical (unpaired) electrons. The van der Waals surface area contributed by atoms with Gasteiger partial charge in [-0.15, -0.1) is 0 Å². The fraction of sp³-hybridized carbons (Fsp3) is 0.400. The second-order valence-electron chi connectivity index (χ2n) is 5.45. The van der Waals surface area contributed by atoms with Crippen LogP contribution in [0.3, 0.4) is 0 Å². The van der Waals surface area contributed by atoms with Crippen molar-refractivity contribution in [3.8, 4) is 0 Å². The van der Waals surface area contributed by atoms with Gasteiger partial charge in [-0.1, -0.05) is 6.92 Å². The first kappa shape index (κ1) is 12.7. The van der Waals surface area contributed by atoms with Crippen molar-refractivity contribution < 1.29 is 0 Å². The Morgan fingerprint density at radius 1 is 1.28 bits per heavy atom. The Hall–Kier alpha value is -1.77. The Kier molecular flexibility index (Phi) is 3.16. The number of rotatable bonds is 3. The van der Waals surface area contributed by atoms with Crippen LogP contribution in [0.25, 0.3) is 10.9 Å². The van der Waals surface area contributed by atoms with E-state index in [1.54, 1.807) is 0 Å². The van der Waals surface area contributed by atoms with Gasteiger partial charge < -0.3 is 11.1 Å². The lowest BCUT2D eigenvalue weighted by atomic mass is 10.0. The zero-order valence-corrected chi connectivity index (χ0v) is 11.5. The molecule has 0 aliphatic carbocycles. The quantitative estimate of drug-likeness (QED) is 0.808. The highest BCUT2D eigenvalue weighted by Crippen LogP contribution is 2.28. The van der Waals surface area contributed by atoms with Crippen LogP contribution in [0.4, 0.5) is 11.4 Å². The Labute approximate surface area is 108 Å². The number of hydrogen-bond donors (Lipinski definition) is 2. The molecule has 0 amide bonds. The summed E-state index contributed by atoms with van der Waals surface area (Å²) in [4.78, 5) is 4.54. The number of aryl methyl sites for hydroxylation is 1. The van der Waals surface area contributed by atoms with Gasteiger partial charge >= 0.3 is 0 Å². The van der Waals surface area contributed by atoms with Crippen LogP contribution in [-0.4, -0.2) is 10.5 Å². The molecular weight excluding hydrogens is 222 g/mol. The standard InChI is InChI=1S/C15H21N3/c1-5-15(3,4)18-14-8-10(2)17-13-7-6-11(16)9-12(13)14/h6-9H,5,16H2,1-4H3,(H,17,18). The number of hydrogen-bond acceptors (Lipinski definition) is 3. The normalized spacial score (nSPS) is 11.8. The van der Waals surface area contributed by atoms with Gasteiger partial charge in [0, 0.05) is 28.0 Å². The third-order valence-corrected chi connectivity index (χ3v) is 3.32. The van der Waals surface area contributed by atoms with Gasteiger partial charge in [0.15, 0.2) is 0 Å². The monoisotopic (exact) mass is 243 g/mol. The van der Waals surface area contributed by atoms with Gasteiger partial charge in [-0.05, 0) is 51.5 Å². The molecule has 0 bridgehead atoms. The predicted octanol–water partition coefficient (Wildman–Crippen LogP) is 3.73. The summed E-state index contributed by atoms with van der Waals surface area (Å²) in [7, 11) is 0. The number of nitrogens with zero attached hydrogens (tertiary/aromatic N) is 1. The number of nitrogens with two attached hydrogens (primary N) is 1. The van der Waals surface area contributed by atoms with E-state index in [2.05, 4.69) is 37.1 Å². The van der Waals surface area contributed by atoms with E-state index in [1.807, 2.05) is 25.1 Å². The maximum Gasteiger partial charge on any atom is 0.0727 e. The molecule has 96 valence electrons. The molecule has 3 heteroatoms. The average molecular weight is 243 g/mol. The van der Waals surface area contributed by atoms with E-state index in [0.717, 1.165) is 34.4 Å². The summed E-state index contributed by atoms with van der Waals surface area (Å²) in [6.07, 6.45) is 1.05. The third-order valence-electron chi connectivity index (χ3n) is 3.32. The Bertz CT molecular complexity index is 573. The molecule has 2 aromatic rings. The van der Waals surface area contributed by atoms with E-state index in [1.165, 1.54) is 0 Å². The fourth-order valence-electron chi connectivity index (χ4n) is 1.93. The lowest BCUT2D eigenvalue weighted by Gasteiger charge is -2.27. The molecular formula is C15H21N3. The van der Waals surface area contributed by atoms with Crippen molar-refractivity contribution in [3.05, 3.63) is 30.0 Å².